The molecular formula is C11H21N3O2. The summed E-state index contributed by atoms with van der Waals surface area (Å²) < 4.78 is 0. The van der Waals surface area contributed by atoms with Crippen LogP contribution in [0.4, 0.5) is 0 Å². The van der Waals surface area contributed by atoms with Gasteiger partial charge in [0.1, 0.15) is 0 Å². The van der Waals surface area contributed by atoms with E-state index in [2.05, 4.69) is 16.0 Å². The molecule has 2 atom stereocenters. The van der Waals surface area contributed by atoms with Crippen molar-refractivity contribution in [3.63, 3.8) is 0 Å². The quantitative estimate of drug-likeness (QED) is 0.592. The molecule has 0 aromatic carbocycles. The fraction of sp³-hybridized carbons (Fsp3) is 0.818. The first-order valence-corrected chi connectivity index (χ1v) is 5.90. The SMILES string of the molecule is CCCNC(=O)CNC(=O)C1CNCC1C. The maximum Gasteiger partial charge on any atom is 0.239 e. The molecule has 1 fully saturated rings. The number of rotatable bonds is 5. The summed E-state index contributed by atoms with van der Waals surface area (Å²) in [5, 5.41) is 8.56. The van der Waals surface area contributed by atoms with E-state index in [1.54, 1.807) is 0 Å². The van der Waals surface area contributed by atoms with E-state index < -0.39 is 0 Å². The second-order valence-electron chi connectivity index (χ2n) is 4.31. The largest absolute Gasteiger partial charge is 0.355 e. The minimum atomic E-state index is -0.117. The van der Waals surface area contributed by atoms with Gasteiger partial charge in [-0.1, -0.05) is 13.8 Å². The van der Waals surface area contributed by atoms with Gasteiger partial charge < -0.3 is 16.0 Å². The molecule has 0 aliphatic carbocycles. The highest BCUT2D eigenvalue weighted by Crippen LogP contribution is 2.15. The van der Waals surface area contributed by atoms with Crippen LogP contribution in [0.3, 0.4) is 0 Å². The molecule has 0 spiro atoms. The lowest BCUT2D eigenvalue weighted by Gasteiger charge is -2.13. The Bertz CT molecular complexity index is 256. The molecule has 2 amide bonds. The topological polar surface area (TPSA) is 70.2 Å². The first-order chi connectivity index (χ1) is 7.65. The van der Waals surface area contributed by atoms with Crippen molar-refractivity contribution >= 4 is 11.8 Å². The average Bonchev–Trinajstić information content (AvgIpc) is 2.69. The van der Waals surface area contributed by atoms with Crippen LogP contribution < -0.4 is 16.0 Å². The van der Waals surface area contributed by atoms with E-state index >= 15 is 0 Å². The molecule has 0 radical (unpaired) electrons. The van der Waals surface area contributed by atoms with Crippen molar-refractivity contribution in [2.45, 2.75) is 20.3 Å². The van der Waals surface area contributed by atoms with Crippen LogP contribution >= 0.6 is 0 Å². The zero-order valence-electron chi connectivity index (χ0n) is 10.0. The predicted octanol–water partition coefficient (Wildman–Crippen LogP) is -0.516. The second-order valence-corrected chi connectivity index (χ2v) is 4.31. The predicted molar refractivity (Wildman–Crippen MR) is 61.8 cm³/mol. The number of carbonyl (C=O) groups excluding carboxylic acids is 2. The summed E-state index contributed by atoms with van der Waals surface area (Å²) in [5.74, 6) is 0.204. The van der Waals surface area contributed by atoms with Crippen molar-refractivity contribution in [2.24, 2.45) is 11.8 Å². The molecule has 5 nitrogen and oxygen atoms in total. The van der Waals surface area contributed by atoms with Gasteiger partial charge in [-0.25, -0.2) is 0 Å². The molecule has 1 heterocycles. The summed E-state index contributed by atoms with van der Waals surface area (Å²) in [6.07, 6.45) is 0.906. The Kier molecular flexibility index (Phi) is 5.25. The molecule has 1 saturated heterocycles. The lowest BCUT2D eigenvalue weighted by Crippen LogP contribution is -2.41. The van der Waals surface area contributed by atoms with E-state index in [1.165, 1.54) is 0 Å². The molecule has 1 aliphatic heterocycles. The van der Waals surface area contributed by atoms with Crippen LogP contribution in [0, 0.1) is 11.8 Å². The highest BCUT2D eigenvalue weighted by atomic mass is 16.2. The Hall–Kier alpha value is -1.10. The summed E-state index contributed by atoms with van der Waals surface area (Å²) >= 11 is 0. The molecule has 92 valence electrons. The first-order valence-electron chi connectivity index (χ1n) is 5.90. The Morgan fingerprint density at radius 2 is 2.06 bits per heavy atom. The lowest BCUT2D eigenvalue weighted by molar-refractivity contribution is -0.128. The van der Waals surface area contributed by atoms with E-state index in [4.69, 9.17) is 0 Å². The number of hydrogen-bond acceptors (Lipinski definition) is 3. The van der Waals surface area contributed by atoms with Crippen LogP contribution in [-0.4, -0.2) is 38.0 Å². The molecule has 1 aliphatic rings. The highest BCUT2D eigenvalue weighted by molar-refractivity contribution is 5.86. The van der Waals surface area contributed by atoms with Crippen molar-refractivity contribution in [3.05, 3.63) is 0 Å². The molecular weight excluding hydrogens is 206 g/mol. The minimum absolute atomic E-state index is 0.000949. The monoisotopic (exact) mass is 227 g/mol. The Morgan fingerprint density at radius 3 is 2.62 bits per heavy atom. The van der Waals surface area contributed by atoms with Crippen molar-refractivity contribution in [2.75, 3.05) is 26.2 Å². The molecule has 0 bridgehead atoms. The van der Waals surface area contributed by atoms with Crippen LogP contribution in [-0.2, 0) is 9.59 Å². The smallest absolute Gasteiger partial charge is 0.239 e. The molecule has 0 aromatic heterocycles. The van der Waals surface area contributed by atoms with Gasteiger partial charge in [0.2, 0.25) is 11.8 Å². The average molecular weight is 227 g/mol. The van der Waals surface area contributed by atoms with Crippen molar-refractivity contribution in [3.8, 4) is 0 Å². The molecule has 5 heteroatoms. The number of amides is 2. The molecule has 3 N–H and O–H groups in total. The highest BCUT2D eigenvalue weighted by Gasteiger charge is 2.29. The Morgan fingerprint density at radius 1 is 1.31 bits per heavy atom. The zero-order valence-corrected chi connectivity index (χ0v) is 10.0. The standard InChI is InChI=1S/C11H21N3O2/c1-3-4-13-10(15)7-14-11(16)9-6-12-5-8(9)2/h8-9,12H,3-7H2,1-2H3,(H,13,15)(H,14,16). The third-order valence-electron chi connectivity index (χ3n) is 2.85. The van der Waals surface area contributed by atoms with Gasteiger partial charge in [0, 0.05) is 13.1 Å². The van der Waals surface area contributed by atoms with Gasteiger partial charge in [0.15, 0.2) is 0 Å². The van der Waals surface area contributed by atoms with E-state index in [-0.39, 0.29) is 24.3 Å². The summed E-state index contributed by atoms with van der Waals surface area (Å²) in [7, 11) is 0. The van der Waals surface area contributed by atoms with E-state index in [0.717, 1.165) is 13.0 Å². The van der Waals surface area contributed by atoms with Crippen LogP contribution in [0.2, 0.25) is 0 Å². The third-order valence-corrected chi connectivity index (χ3v) is 2.85. The van der Waals surface area contributed by atoms with Gasteiger partial charge in [-0.05, 0) is 18.9 Å². The fourth-order valence-corrected chi connectivity index (χ4v) is 1.79. The van der Waals surface area contributed by atoms with Gasteiger partial charge in [0.25, 0.3) is 0 Å². The Labute approximate surface area is 96.4 Å². The zero-order chi connectivity index (χ0) is 12.0. The van der Waals surface area contributed by atoms with Gasteiger partial charge in [0.05, 0.1) is 12.5 Å². The maximum absolute atomic E-state index is 11.7. The van der Waals surface area contributed by atoms with Crippen LogP contribution in [0.5, 0.6) is 0 Å². The molecule has 1 rings (SSSR count). The molecule has 2 unspecified atom stereocenters. The van der Waals surface area contributed by atoms with Crippen molar-refractivity contribution in [1.82, 2.24) is 16.0 Å². The van der Waals surface area contributed by atoms with Gasteiger partial charge in [-0.2, -0.15) is 0 Å². The molecule has 0 aromatic rings. The third kappa shape index (κ3) is 3.81. The maximum atomic E-state index is 11.7. The van der Waals surface area contributed by atoms with Gasteiger partial charge in [-0.15, -0.1) is 0 Å². The number of hydrogen-bond donors (Lipinski definition) is 3. The lowest BCUT2D eigenvalue weighted by atomic mass is 9.97. The van der Waals surface area contributed by atoms with Crippen LogP contribution in [0.15, 0.2) is 0 Å². The summed E-state index contributed by atoms with van der Waals surface area (Å²) in [5.41, 5.74) is 0. The van der Waals surface area contributed by atoms with Crippen LogP contribution in [0.25, 0.3) is 0 Å². The summed E-state index contributed by atoms with van der Waals surface area (Å²) in [6, 6.07) is 0. The number of nitrogens with one attached hydrogen (secondary N) is 3. The van der Waals surface area contributed by atoms with Crippen molar-refractivity contribution < 1.29 is 9.59 Å². The summed E-state index contributed by atoms with van der Waals surface area (Å²) in [6.45, 7) is 6.37. The van der Waals surface area contributed by atoms with Crippen molar-refractivity contribution in [1.29, 1.82) is 0 Å². The molecule has 16 heavy (non-hydrogen) atoms. The molecule has 0 saturated carbocycles. The van der Waals surface area contributed by atoms with E-state index in [1.807, 2.05) is 13.8 Å². The van der Waals surface area contributed by atoms with Gasteiger partial charge >= 0.3 is 0 Å². The fourth-order valence-electron chi connectivity index (χ4n) is 1.79. The first kappa shape index (κ1) is 13.0. The summed E-state index contributed by atoms with van der Waals surface area (Å²) in [4.78, 5) is 23.0. The van der Waals surface area contributed by atoms with Crippen LogP contribution in [0.1, 0.15) is 20.3 Å². The van der Waals surface area contributed by atoms with Gasteiger partial charge in [-0.3, -0.25) is 9.59 Å². The minimum Gasteiger partial charge on any atom is -0.355 e. The normalized spacial score (nSPS) is 24.1. The number of carbonyl (C=O) groups is 2. The van der Waals surface area contributed by atoms with E-state index in [9.17, 15) is 9.59 Å². The Balaban J connectivity index is 2.21. The van der Waals surface area contributed by atoms with E-state index in [0.29, 0.717) is 19.0 Å². The second kappa shape index (κ2) is 6.48.